The Morgan fingerprint density at radius 2 is 1.28 bits per heavy atom. The molecule has 14 nitrogen and oxygen atoms in total. The SMILES string of the molecule is NC[C@H]1O[C@@H](O[C@@H]2[C@H](O)[C@@H](O[C@@H]3O[C@H](CO)[C@@H](O)[C@H](N)[C@H]3O)[C@H](N)C[C@@H]2N)[C@H](N)C[C@@H]1O. The average molecular weight is 468 g/mol. The Balaban J connectivity index is 1.70. The molecule has 1 aliphatic carbocycles. The predicted molar refractivity (Wildman–Crippen MR) is 108 cm³/mol. The molecule has 0 amide bonds. The van der Waals surface area contributed by atoms with E-state index < -0.39 is 92.2 Å². The monoisotopic (exact) mass is 467 g/mol. The summed E-state index contributed by atoms with van der Waals surface area (Å²) < 4.78 is 22.7. The summed E-state index contributed by atoms with van der Waals surface area (Å²) in [6.45, 7) is -0.499. The Kier molecular flexibility index (Phi) is 8.79. The van der Waals surface area contributed by atoms with Gasteiger partial charge in [-0.3, -0.25) is 0 Å². The van der Waals surface area contributed by atoms with Crippen molar-refractivity contribution in [2.24, 2.45) is 28.7 Å². The Morgan fingerprint density at radius 3 is 1.84 bits per heavy atom. The van der Waals surface area contributed by atoms with Crippen LogP contribution in [-0.2, 0) is 18.9 Å². The van der Waals surface area contributed by atoms with Crippen molar-refractivity contribution in [1.82, 2.24) is 0 Å². The van der Waals surface area contributed by atoms with Gasteiger partial charge in [0.2, 0.25) is 0 Å². The maximum Gasteiger partial charge on any atom is 0.186 e. The van der Waals surface area contributed by atoms with E-state index in [0.29, 0.717) is 0 Å². The normalized spacial score (nSPS) is 52.7. The minimum Gasteiger partial charge on any atom is -0.394 e. The maximum atomic E-state index is 11.0. The van der Waals surface area contributed by atoms with Crippen molar-refractivity contribution in [2.45, 2.75) is 98.4 Å². The molecule has 0 spiro atoms. The molecule has 14 heteroatoms. The minimum atomic E-state index is -1.44. The number of hydrogen-bond donors (Lipinski definition) is 10. The van der Waals surface area contributed by atoms with E-state index >= 15 is 0 Å². The zero-order chi connectivity index (χ0) is 23.7. The third-order valence-electron chi connectivity index (χ3n) is 6.41. The first kappa shape index (κ1) is 26.1. The second-order valence-corrected chi connectivity index (χ2v) is 8.78. The second-order valence-electron chi connectivity index (χ2n) is 8.78. The maximum absolute atomic E-state index is 11.0. The largest absolute Gasteiger partial charge is 0.394 e. The first-order chi connectivity index (χ1) is 15.1. The molecule has 1 saturated carbocycles. The van der Waals surface area contributed by atoms with Crippen LogP contribution in [0.1, 0.15) is 12.8 Å². The molecule has 0 radical (unpaired) electrons. The number of hydrogen-bond acceptors (Lipinski definition) is 14. The van der Waals surface area contributed by atoms with Crippen LogP contribution in [0.25, 0.3) is 0 Å². The van der Waals surface area contributed by atoms with Gasteiger partial charge >= 0.3 is 0 Å². The van der Waals surface area contributed by atoms with Crippen molar-refractivity contribution in [3.8, 4) is 0 Å². The number of ether oxygens (including phenoxy) is 4. The average Bonchev–Trinajstić information content (AvgIpc) is 2.75. The Bertz CT molecular complexity index is 607. The smallest absolute Gasteiger partial charge is 0.186 e. The topological polar surface area (TPSA) is 268 Å². The van der Waals surface area contributed by atoms with Gasteiger partial charge in [-0.25, -0.2) is 0 Å². The summed E-state index contributed by atoms with van der Waals surface area (Å²) in [6, 6.07) is -3.27. The fourth-order valence-corrected chi connectivity index (χ4v) is 4.43. The second kappa shape index (κ2) is 10.8. The molecule has 32 heavy (non-hydrogen) atoms. The molecular formula is C18H37N5O9. The lowest BCUT2D eigenvalue weighted by Crippen LogP contribution is -2.68. The van der Waals surface area contributed by atoms with E-state index in [2.05, 4.69) is 0 Å². The molecule has 0 bridgehead atoms. The van der Waals surface area contributed by atoms with Crippen LogP contribution >= 0.6 is 0 Å². The highest BCUT2D eigenvalue weighted by molar-refractivity contribution is 5.01. The van der Waals surface area contributed by atoms with Crippen LogP contribution in [0.4, 0.5) is 0 Å². The molecular weight excluding hydrogens is 430 g/mol. The van der Waals surface area contributed by atoms with Gasteiger partial charge in [0.1, 0.15) is 36.6 Å². The summed E-state index contributed by atoms with van der Waals surface area (Å²) in [5, 5.41) is 50.7. The summed E-state index contributed by atoms with van der Waals surface area (Å²) in [6.07, 6.45) is -10.8. The van der Waals surface area contributed by atoms with Gasteiger partial charge in [0.15, 0.2) is 12.6 Å². The highest BCUT2D eigenvalue weighted by Crippen LogP contribution is 2.30. The molecule has 15 N–H and O–H groups in total. The lowest BCUT2D eigenvalue weighted by molar-refractivity contribution is -0.314. The molecule has 0 unspecified atom stereocenters. The fraction of sp³-hybridized carbons (Fsp3) is 1.00. The number of rotatable bonds is 6. The molecule has 14 atom stereocenters. The molecule has 0 aromatic rings. The zero-order valence-electron chi connectivity index (χ0n) is 17.7. The van der Waals surface area contributed by atoms with Crippen LogP contribution in [0.15, 0.2) is 0 Å². The lowest BCUT2D eigenvalue weighted by Gasteiger charge is -2.47. The van der Waals surface area contributed by atoms with E-state index in [4.69, 9.17) is 47.6 Å². The number of aliphatic hydroxyl groups is 5. The van der Waals surface area contributed by atoms with Gasteiger partial charge in [0, 0.05) is 18.6 Å². The fourth-order valence-electron chi connectivity index (χ4n) is 4.43. The van der Waals surface area contributed by atoms with E-state index in [1.54, 1.807) is 0 Å². The Hall–Kier alpha value is -0.560. The van der Waals surface area contributed by atoms with Gasteiger partial charge in [0.05, 0.1) is 30.9 Å². The molecule has 3 aliphatic rings. The quantitative estimate of drug-likeness (QED) is 0.174. The molecule has 188 valence electrons. The molecule has 2 heterocycles. The highest BCUT2D eigenvalue weighted by atomic mass is 16.7. The van der Waals surface area contributed by atoms with Gasteiger partial charge in [-0.05, 0) is 12.8 Å². The van der Waals surface area contributed by atoms with E-state index in [1.165, 1.54) is 0 Å². The van der Waals surface area contributed by atoms with Gasteiger partial charge in [-0.2, -0.15) is 0 Å². The first-order valence-corrected chi connectivity index (χ1v) is 10.8. The van der Waals surface area contributed by atoms with Gasteiger partial charge in [-0.1, -0.05) is 0 Å². The summed E-state index contributed by atoms with van der Waals surface area (Å²) >= 11 is 0. The van der Waals surface area contributed by atoms with E-state index in [1.807, 2.05) is 0 Å². The number of nitrogens with two attached hydrogens (primary N) is 5. The standard InChI is InChI=1S/C18H37N5O9/c19-3-9-8(25)2-7(22)17(29-9)31-15-5(20)1-6(21)16(14(15)28)32-18-13(27)11(23)12(26)10(4-24)30-18/h5-18,24-28H,1-4,19-23H2/t5-,6+,7+,8-,9+,10+,11-,12+,13+,14-,15-,16-,17-,18-/m0/s1. The predicted octanol–water partition coefficient (Wildman–Crippen LogP) is -6.30. The van der Waals surface area contributed by atoms with Crippen LogP contribution in [0, 0.1) is 0 Å². The van der Waals surface area contributed by atoms with Crippen LogP contribution < -0.4 is 28.7 Å². The van der Waals surface area contributed by atoms with Gasteiger partial charge < -0.3 is 73.1 Å². The van der Waals surface area contributed by atoms with Crippen LogP contribution in [-0.4, -0.2) is 124 Å². The van der Waals surface area contributed by atoms with E-state index in [-0.39, 0.29) is 19.4 Å². The first-order valence-electron chi connectivity index (χ1n) is 10.8. The van der Waals surface area contributed by atoms with Gasteiger partial charge in [-0.15, -0.1) is 0 Å². The highest BCUT2D eigenvalue weighted by Gasteiger charge is 2.50. The summed E-state index contributed by atoms with van der Waals surface area (Å²) in [5.41, 5.74) is 29.8. The molecule has 0 aromatic carbocycles. The molecule has 2 aliphatic heterocycles. The van der Waals surface area contributed by atoms with Crippen LogP contribution in [0.2, 0.25) is 0 Å². The molecule has 3 fully saturated rings. The number of aliphatic hydroxyl groups excluding tert-OH is 5. The van der Waals surface area contributed by atoms with Crippen molar-refractivity contribution >= 4 is 0 Å². The lowest BCUT2D eigenvalue weighted by atomic mass is 9.84. The third-order valence-corrected chi connectivity index (χ3v) is 6.41. The van der Waals surface area contributed by atoms with Crippen LogP contribution in [0.3, 0.4) is 0 Å². The summed E-state index contributed by atoms with van der Waals surface area (Å²) in [5.74, 6) is 0. The Morgan fingerprint density at radius 1 is 0.719 bits per heavy atom. The zero-order valence-corrected chi connectivity index (χ0v) is 17.7. The van der Waals surface area contributed by atoms with Crippen molar-refractivity contribution < 1.29 is 44.5 Å². The van der Waals surface area contributed by atoms with Crippen molar-refractivity contribution in [3.05, 3.63) is 0 Å². The van der Waals surface area contributed by atoms with E-state index in [0.717, 1.165) is 0 Å². The van der Waals surface area contributed by atoms with E-state index in [9.17, 15) is 25.5 Å². The van der Waals surface area contributed by atoms with Crippen molar-refractivity contribution in [1.29, 1.82) is 0 Å². The Labute approximate surface area is 185 Å². The molecule has 0 aromatic heterocycles. The van der Waals surface area contributed by atoms with Gasteiger partial charge in [0.25, 0.3) is 0 Å². The summed E-state index contributed by atoms with van der Waals surface area (Å²) in [7, 11) is 0. The summed E-state index contributed by atoms with van der Waals surface area (Å²) in [4.78, 5) is 0. The van der Waals surface area contributed by atoms with Crippen molar-refractivity contribution in [2.75, 3.05) is 13.2 Å². The minimum absolute atomic E-state index is 0.0542. The van der Waals surface area contributed by atoms with Crippen LogP contribution in [0.5, 0.6) is 0 Å². The molecule has 3 rings (SSSR count). The van der Waals surface area contributed by atoms with Crippen molar-refractivity contribution in [3.63, 3.8) is 0 Å². The third kappa shape index (κ3) is 5.24. The molecule has 2 saturated heterocycles.